The number of fused-ring (bicyclic) bond motifs is 1. The Hall–Kier alpha value is -2.55. The van der Waals surface area contributed by atoms with E-state index >= 15 is 0 Å². The summed E-state index contributed by atoms with van der Waals surface area (Å²) in [5, 5.41) is 4.81. The number of aryl methyl sites for hydroxylation is 1. The van der Waals surface area contributed by atoms with Gasteiger partial charge in [0.15, 0.2) is 0 Å². The van der Waals surface area contributed by atoms with Crippen LogP contribution in [-0.2, 0) is 6.54 Å². The fraction of sp³-hybridized carbons (Fsp3) is 0.118. The summed E-state index contributed by atoms with van der Waals surface area (Å²) < 4.78 is 2.24. The molecule has 1 heterocycles. The maximum absolute atomic E-state index is 5.22. The maximum atomic E-state index is 5.22. The van der Waals surface area contributed by atoms with E-state index in [1.54, 1.807) is 6.21 Å². The molecular weight excluding hydrogens is 246 g/mol. The van der Waals surface area contributed by atoms with Gasteiger partial charge >= 0.3 is 0 Å². The summed E-state index contributed by atoms with van der Waals surface area (Å²) in [6, 6.07) is 17.0. The number of rotatable bonds is 3. The summed E-state index contributed by atoms with van der Waals surface area (Å²) in [6.45, 7) is 2.97. The summed E-state index contributed by atoms with van der Waals surface area (Å²) in [5.41, 5.74) is 4.80. The van der Waals surface area contributed by atoms with Gasteiger partial charge in [-0.25, -0.2) is 0 Å². The summed E-state index contributed by atoms with van der Waals surface area (Å²) in [6.07, 6.45) is 3.79. The van der Waals surface area contributed by atoms with Crippen molar-refractivity contribution in [3.8, 4) is 0 Å². The Balaban J connectivity index is 1.98. The van der Waals surface area contributed by atoms with Crippen LogP contribution in [0.3, 0.4) is 0 Å². The second kappa shape index (κ2) is 5.21. The molecule has 3 aromatic rings. The molecule has 0 bridgehead atoms. The molecule has 20 heavy (non-hydrogen) atoms. The monoisotopic (exact) mass is 263 g/mol. The van der Waals surface area contributed by atoms with Crippen molar-refractivity contribution >= 4 is 17.1 Å². The highest BCUT2D eigenvalue weighted by atomic mass is 15.1. The molecule has 2 N–H and O–H groups in total. The molecule has 0 atom stereocenters. The first-order valence-electron chi connectivity index (χ1n) is 6.64. The van der Waals surface area contributed by atoms with Crippen molar-refractivity contribution in [1.82, 2.24) is 4.57 Å². The molecule has 2 aromatic carbocycles. The third-order valence-electron chi connectivity index (χ3n) is 3.50. The Labute approximate surface area is 118 Å². The number of aromatic nitrogens is 1. The second-order valence-corrected chi connectivity index (χ2v) is 5.03. The molecule has 0 fully saturated rings. The van der Waals surface area contributed by atoms with Crippen molar-refractivity contribution in [2.24, 2.45) is 10.9 Å². The molecule has 0 radical (unpaired) electrons. The minimum absolute atomic E-state index is 0.868. The topological polar surface area (TPSA) is 43.3 Å². The van der Waals surface area contributed by atoms with Gasteiger partial charge in [0, 0.05) is 18.3 Å². The van der Waals surface area contributed by atoms with Crippen molar-refractivity contribution in [2.45, 2.75) is 13.5 Å². The van der Waals surface area contributed by atoms with Crippen LogP contribution in [0.5, 0.6) is 0 Å². The van der Waals surface area contributed by atoms with Gasteiger partial charge in [0.25, 0.3) is 0 Å². The summed E-state index contributed by atoms with van der Waals surface area (Å²) in [4.78, 5) is 0. The van der Waals surface area contributed by atoms with Crippen molar-refractivity contribution in [1.29, 1.82) is 0 Å². The van der Waals surface area contributed by atoms with Gasteiger partial charge in [-0.3, -0.25) is 0 Å². The van der Waals surface area contributed by atoms with E-state index in [9.17, 15) is 0 Å². The second-order valence-electron chi connectivity index (χ2n) is 5.03. The fourth-order valence-corrected chi connectivity index (χ4v) is 2.40. The van der Waals surface area contributed by atoms with Crippen LogP contribution in [0.1, 0.15) is 16.7 Å². The van der Waals surface area contributed by atoms with Crippen LogP contribution in [0.15, 0.2) is 59.8 Å². The van der Waals surface area contributed by atoms with Gasteiger partial charge in [0.1, 0.15) is 0 Å². The molecule has 0 spiro atoms. The average Bonchev–Trinajstić information content (AvgIpc) is 2.85. The molecule has 0 aliphatic carbocycles. The normalized spacial score (nSPS) is 11.4. The highest BCUT2D eigenvalue weighted by molar-refractivity contribution is 5.89. The Bertz CT molecular complexity index is 752. The SMILES string of the molecule is Cc1ccc(Cn2ccc3ccc(C=NN)cc32)cc1. The summed E-state index contributed by atoms with van der Waals surface area (Å²) in [5.74, 6) is 5.22. The average molecular weight is 263 g/mol. The van der Waals surface area contributed by atoms with Gasteiger partial charge in [0.2, 0.25) is 0 Å². The zero-order valence-corrected chi connectivity index (χ0v) is 11.5. The highest BCUT2D eigenvalue weighted by Crippen LogP contribution is 2.18. The van der Waals surface area contributed by atoms with E-state index in [-0.39, 0.29) is 0 Å². The fourth-order valence-electron chi connectivity index (χ4n) is 2.40. The van der Waals surface area contributed by atoms with Gasteiger partial charge in [0.05, 0.1) is 6.21 Å². The molecule has 0 aliphatic rings. The Morgan fingerprint density at radius 1 is 1.10 bits per heavy atom. The molecule has 0 saturated heterocycles. The lowest BCUT2D eigenvalue weighted by Crippen LogP contribution is -1.98. The van der Waals surface area contributed by atoms with Crippen LogP contribution in [0, 0.1) is 6.92 Å². The molecule has 100 valence electrons. The number of hydrazone groups is 1. The van der Waals surface area contributed by atoms with Crippen LogP contribution in [0.4, 0.5) is 0 Å². The highest BCUT2D eigenvalue weighted by Gasteiger charge is 2.02. The van der Waals surface area contributed by atoms with E-state index in [1.807, 2.05) is 6.07 Å². The molecule has 0 saturated carbocycles. The minimum atomic E-state index is 0.868. The van der Waals surface area contributed by atoms with Crippen LogP contribution < -0.4 is 5.84 Å². The molecule has 1 aromatic heterocycles. The predicted molar refractivity (Wildman–Crippen MR) is 84.0 cm³/mol. The smallest absolute Gasteiger partial charge is 0.0538 e. The number of benzene rings is 2. The van der Waals surface area contributed by atoms with E-state index in [2.05, 4.69) is 65.3 Å². The summed E-state index contributed by atoms with van der Waals surface area (Å²) >= 11 is 0. The van der Waals surface area contributed by atoms with Crippen LogP contribution >= 0.6 is 0 Å². The molecular formula is C17H17N3. The van der Waals surface area contributed by atoms with Crippen LogP contribution in [0.25, 0.3) is 10.9 Å². The standard InChI is InChI=1S/C17H17N3/c1-13-2-4-14(5-3-13)12-20-9-8-16-7-6-15(11-19-18)10-17(16)20/h2-11H,12,18H2,1H3. The molecule has 3 rings (SSSR count). The Kier molecular flexibility index (Phi) is 3.25. The number of hydrogen-bond donors (Lipinski definition) is 1. The van der Waals surface area contributed by atoms with E-state index in [4.69, 9.17) is 5.84 Å². The first kappa shape index (κ1) is 12.5. The largest absolute Gasteiger partial charge is 0.343 e. The zero-order valence-electron chi connectivity index (χ0n) is 11.5. The third-order valence-corrected chi connectivity index (χ3v) is 3.50. The number of nitrogens with zero attached hydrogens (tertiary/aromatic N) is 2. The molecule has 0 unspecified atom stereocenters. The first-order valence-corrected chi connectivity index (χ1v) is 6.64. The van der Waals surface area contributed by atoms with E-state index in [0.717, 1.165) is 12.1 Å². The lowest BCUT2D eigenvalue weighted by molar-refractivity contribution is 0.836. The molecule has 3 heteroatoms. The number of hydrogen-bond acceptors (Lipinski definition) is 2. The van der Waals surface area contributed by atoms with Gasteiger partial charge in [-0.05, 0) is 35.6 Å². The minimum Gasteiger partial charge on any atom is -0.343 e. The zero-order chi connectivity index (χ0) is 13.9. The van der Waals surface area contributed by atoms with Crippen molar-refractivity contribution in [2.75, 3.05) is 0 Å². The van der Waals surface area contributed by atoms with Crippen LogP contribution in [-0.4, -0.2) is 10.8 Å². The number of nitrogens with two attached hydrogens (primary N) is 1. The van der Waals surface area contributed by atoms with Crippen LogP contribution in [0.2, 0.25) is 0 Å². The Morgan fingerprint density at radius 2 is 1.90 bits per heavy atom. The summed E-state index contributed by atoms with van der Waals surface area (Å²) in [7, 11) is 0. The van der Waals surface area contributed by atoms with Crippen molar-refractivity contribution in [3.05, 3.63) is 71.4 Å². The van der Waals surface area contributed by atoms with E-state index in [0.29, 0.717) is 0 Å². The molecule has 0 amide bonds. The van der Waals surface area contributed by atoms with Gasteiger partial charge in [-0.15, -0.1) is 0 Å². The van der Waals surface area contributed by atoms with Crippen molar-refractivity contribution in [3.63, 3.8) is 0 Å². The lowest BCUT2D eigenvalue weighted by Gasteiger charge is -2.06. The maximum Gasteiger partial charge on any atom is 0.0538 e. The molecule has 0 aliphatic heterocycles. The third kappa shape index (κ3) is 2.43. The van der Waals surface area contributed by atoms with E-state index < -0.39 is 0 Å². The lowest BCUT2D eigenvalue weighted by atomic mass is 10.1. The predicted octanol–water partition coefficient (Wildman–Crippen LogP) is 3.29. The van der Waals surface area contributed by atoms with Crippen molar-refractivity contribution < 1.29 is 0 Å². The molecule has 3 nitrogen and oxygen atoms in total. The quantitative estimate of drug-likeness (QED) is 0.440. The van der Waals surface area contributed by atoms with Gasteiger partial charge in [-0.1, -0.05) is 42.0 Å². The van der Waals surface area contributed by atoms with E-state index in [1.165, 1.54) is 22.0 Å². The van der Waals surface area contributed by atoms with Gasteiger partial charge < -0.3 is 10.4 Å². The van der Waals surface area contributed by atoms with Gasteiger partial charge in [-0.2, -0.15) is 5.10 Å². The first-order chi connectivity index (χ1) is 9.76. The Morgan fingerprint density at radius 3 is 2.65 bits per heavy atom.